The fraction of sp³-hybridized carbons (Fsp3) is 0.647. The van der Waals surface area contributed by atoms with Crippen LogP contribution in [0.2, 0.25) is 0 Å². The van der Waals surface area contributed by atoms with Crippen LogP contribution in [0.5, 0.6) is 5.75 Å². The number of nitrogens with one attached hydrogen (secondary N) is 1. The van der Waals surface area contributed by atoms with E-state index in [2.05, 4.69) is 28.4 Å². The molecule has 0 spiro atoms. The lowest BCUT2D eigenvalue weighted by atomic mass is 10.1. The molecule has 4 heteroatoms. The van der Waals surface area contributed by atoms with E-state index >= 15 is 0 Å². The minimum absolute atomic E-state index is 0.345. The molecule has 0 amide bonds. The highest BCUT2D eigenvalue weighted by molar-refractivity contribution is 5.39. The van der Waals surface area contributed by atoms with Gasteiger partial charge >= 0.3 is 0 Å². The van der Waals surface area contributed by atoms with E-state index < -0.39 is 0 Å². The largest absolute Gasteiger partial charge is 0.493 e. The predicted octanol–water partition coefficient (Wildman–Crippen LogP) is 1.57. The van der Waals surface area contributed by atoms with E-state index in [-0.39, 0.29) is 0 Å². The first-order valence-electron chi connectivity index (χ1n) is 8.19. The monoisotopic (exact) mass is 288 g/mol. The zero-order valence-electron chi connectivity index (χ0n) is 12.5. The third kappa shape index (κ3) is 3.23. The fourth-order valence-corrected chi connectivity index (χ4v) is 3.36. The maximum Gasteiger partial charge on any atom is 0.122 e. The van der Waals surface area contributed by atoms with Crippen LogP contribution in [0.4, 0.5) is 0 Å². The van der Waals surface area contributed by atoms with E-state index in [1.807, 2.05) is 0 Å². The molecule has 4 nitrogen and oxygen atoms in total. The maximum absolute atomic E-state index is 5.87. The Hall–Kier alpha value is -1.10. The summed E-state index contributed by atoms with van der Waals surface area (Å²) in [5.74, 6) is 1.06. The highest BCUT2D eigenvalue weighted by Crippen LogP contribution is 2.28. The van der Waals surface area contributed by atoms with Gasteiger partial charge in [0.05, 0.1) is 19.3 Å². The lowest BCUT2D eigenvalue weighted by molar-refractivity contribution is -0.0301. The van der Waals surface area contributed by atoms with Crippen molar-refractivity contribution in [1.29, 1.82) is 0 Å². The van der Waals surface area contributed by atoms with Crippen LogP contribution >= 0.6 is 0 Å². The first-order chi connectivity index (χ1) is 10.4. The Kier molecular flexibility index (Phi) is 3.84. The SMILES string of the molecule is c1cc2c(cc1CNC[C@@H]1CN(C3CC3)CCO1)CCO2. The average Bonchev–Trinajstić information content (AvgIpc) is 3.26. The molecule has 1 aliphatic carbocycles. The van der Waals surface area contributed by atoms with E-state index in [9.17, 15) is 0 Å². The smallest absolute Gasteiger partial charge is 0.122 e. The number of nitrogens with zero attached hydrogens (tertiary/aromatic N) is 1. The molecular weight excluding hydrogens is 264 g/mol. The molecule has 4 rings (SSSR count). The van der Waals surface area contributed by atoms with E-state index in [0.717, 1.165) is 57.6 Å². The van der Waals surface area contributed by atoms with Gasteiger partial charge in [-0.2, -0.15) is 0 Å². The first kappa shape index (κ1) is 13.6. The summed E-state index contributed by atoms with van der Waals surface area (Å²) < 4.78 is 11.4. The summed E-state index contributed by atoms with van der Waals surface area (Å²) in [7, 11) is 0. The van der Waals surface area contributed by atoms with E-state index in [1.54, 1.807) is 0 Å². The van der Waals surface area contributed by atoms with Crippen LogP contribution in [0.15, 0.2) is 18.2 Å². The summed E-state index contributed by atoms with van der Waals surface area (Å²) in [5.41, 5.74) is 2.69. The highest BCUT2D eigenvalue weighted by Gasteiger charge is 2.32. The Morgan fingerprint density at radius 3 is 3.10 bits per heavy atom. The van der Waals surface area contributed by atoms with Gasteiger partial charge < -0.3 is 14.8 Å². The normalized spacial score (nSPS) is 25.6. The molecule has 114 valence electrons. The minimum Gasteiger partial charge on any atom is -0.493 e. The van der Waals surface area contributed by atoms with E-state index in [1.165, 1.54) is 24.0 Å². The van der Waals surface area contributed by atoms with Crippen molar-refractivity contribution in [1.82, 2.24) is 10.2 Å². The second-order valence-electron chi connectivity index (χ2n) is 6.39. The average molecular weight is 288 g/mol. The number of fused-ring (bicyclic) bond motifs is 1. The summed E-state index contributed by atoms with van der Waals surface area (Å²) in [6, 6.07) is 7.39. The summed E-state index contributed by atoms with van der Waals surface area (Å²) >= 11 is 0. The fourth-order valence-electron chi connectivity index (χ4n) is 3.36. The molecule has 0 bridgehead atoms. The Labute approximate surface area is 126 Å². The van der Waals surface area contributed by atoms with Gasteiger partial charge in [-0.05, 0) is 30.0 Å². The van der Waals surface area contributed by atoms with Gasteiger partial charge in [0.25, 0.3) is 0 Å². The molecule has 0 radical (unpaired) electrons. The standard InChI is InChI=1S/C17H24N2O2/c1-4-17-14(5-7-21-17)9-13(1)10-18-11-16-12-19(6-8-20-16)15-2-3-15/h1,4,9,15-16,18H,2-3,5-8,10-12H2/t16-/m1/s1. The molecule has 2 aliphatic heterocycles. The van der Waals surface area contributed by atoms with Crippen LogP contribution in [-0.2, 0) is 17.7 Å². The van der Waals surface area contributed by atoms with Gasteiger partial charge in [0, 0.05) is 38.6 Å². The first-order valence-corrected chi connectivity index (χ1v) is 8.19. The van der Waals surface area contributed by atoms with Crippen molar-refractivity contribution in [2.75, 3.05) is 32.8 Å². The van der Waals surface area contributed by atoms with Crippen LogP contribution in [0.1, 0.15) is 24.0 Å². The molecule has 1 N–H and O–H groups in total. The van der Waals surface area contributed by atoms with Crippen molar-refractivity contribution in [2.24, 2.45) is 0 Å². The van der Waals surface area contributed by atoms with Crippen molar-refractivity contribution in [2.45, 2.75) is 38.0 Å². The van der Waals surface area contributed by atoms with Crippen molar-refractivity contribution in [3.8, 4) is 5.75 Å². The molecule has 2 fully saturated rings. The van der Waals surface area contributed by atoms with Crippen molar-refractivity contribution >= 4 is 0 Å². The molecular formula is C17H24N2O2. The number of hydrogen-bond acceptors (Lipinski definition) is 4. The molecule has 2 heterocycles. The van der Waals surface area contributed by atoms with Crippen LogP contribution in [0, 0.1) is 0 Å². The van der Waals surface area contributed by atoms with Gasteiger partial charge in [0.2, 0.25) is 0 Å². The second kappa shape index (κ2) is 5.95. The lowest BCUT2D eigenvalue weighted by Gasteiger charge is -2.33. The molecule has 0 unspecified atom stereocenters. The van der Waals surface area contributed by atoms with Crippen molar-refractivity contribution < 1.29 is 9.47 Å². The Balaban J connectivity index is 1.25. The van der Waals surface area contributed by atoms with Crippen LogP contribution < -0.4 is 10.1 Å². The van der Waals surface area contributed by atoms with E-state index in [0.29, 0.717) is 6.10 Å². The highest BCUT2D eigenvalue weighted by atomic mass is 16.5. The molecule has 21 heavy (non-hydrogen) atoms. The van der Waals surface area contributed by atoms with Crippen molar-refractivity contribution in [3.63, 3.8) is 0 Å². The number of benzene rings is 1. The topological polar surface area (TPSA) is 33.7 Å². The third-order valence-electron chi connectivity index (χ3n) is 4.69. The van der Waals surface area contributed by atoms with Gasteiger partial charge in [-0.15, -0.1) is 0 Å². The molecule has 1 saturated heterocycles. The summed E-state index contributed by atoms with van der Waals surface area (Å²) in [5, 5.41) is 3.55. The zero-order valence-corrected chi connectivity index (χ0v) is 12.5. The molecule has 0 aromatic heterocycles. The molecule has 3 aliphatic rings. The van der Waals surface area contributed by atoms with Gasteiger partial charge in [-0.25, -0.2) is 0 Å². The quantitative estimate of drug-likeness (QED) is 0.892. The van der Waals surface area contributed by atoms with Crippen LogP contribution in [0.25, 0.3) is 0 Å². The Bertz CT molecular complexity index is 502. The second-order valence-corrected chi connectivity index (χ2v) is 6.39. The van der Waals surface area contributed by atoms with Gasteiger partial charge in [-0.3, -0.25) is 4.90 Å². The predicted molar refractivity (Wildman–Crippen MR) is 81.7 cm³/mol. The molecule has 1 atom stereocenters. The van der Waals surface area contributed by atoms with Gasteiger partial charge in [0.1, 0.15) is 5.75 Å². The molecule has 1 aromatic rings. The van der Waals surface area contributed by atoms with E-state index in [4.69, 9.17) is 9.47 Å². The van der Waals surface area contributed by atoms with Crippen molar-refractivity contribution in [3.05, 3.63) is 29.3 Å². The number of hydrogen-bond donors (Lipinski definition) is 1. The Morgan fingerprint density at radius 2 is 2.19 bits per heavy atom. The number of ether oxygens (including phenoxy) is 2. The van der Waals surface area contributed by atoms with Crippen LogP contribution in [-0.4, -0.2) is 49.9 Å². The Morgan fingerprint density at radius 1 is 1.24 bits per heavy atom. The number of rotatable bonds is 5. The minimum atomic E-state index is 0.345. The lowest BCUT2D eigenvalue weighted by Crippen LogP contribution is -2.47. The molecule has 1 aromatic carbocycles. The zero-order chi connectivity index (χ0) is 14.1. The molecule has 1 saturated carbocycles. The van der Waals surface area contributed by atoms with Gasteiger partial charge in [0.15, 0.2) is 0 Å². The summed E-state index contributed by atoms with van der Waals surface area (Å²) in [4.78, 5) is 2.60. The third-order valence-corrected chi connectivity index (χ3v) is 4.69. The maximum atomic E-state index is 5.87. The number of morpholine rings is 1. The summed E-state index contributed by atoms with van der Waals surface area (Å²) in [6.07, 6.45) is 4.16. The van der Waals surface area contributed by atoms with Gasteiger partial charge in [-0.1, -0.05) is 12.1 Å². The van der Waals surface area contributed by atoms with Crippen LogP contribution in [0.3, 0.4) is 0 Å². The summed E-state index contributed by atoms with van der Waals surface area (Å²) in [6.45, 7) is 5.78.